The van der Waals surface area contributed by atoms with Crippen LogP contribution in [0.15, 0.2) is 23.1 Å². The molecule has 2 N–H and O–H groups in total. The van der Waals surface area contributed by atoms with Crippen molar-refractivity contribution in [3.05, 3.63) is 29.6 Å². The normalized spacial score (nSPS) is 11.4. The van der Waals surface area contributed by atoms with Gasteiger partial charge < -0.3 is 5.11 Å². The number of carboxylic acid groups (broad SMARTS) is 1. The zero-order chi connectivity index (χ0) is 13.1. The van der Waals surface area contributed by atoms with Gasteiger partial charge in [0.25, 0.3) is 10.0 Å². The second kappa shape index (κ2) is 5.21. The smallest absolute Gasteiger partial charge is 0.331 e. The van der Waals surface area contributed by atoms with Gasteiger partial charge in [0, 0.05) is 0 Å². The van der Waals surface area contributed by atoms with E-state index in [1.165, 1.54) is 13.0 Å². The van der Waals surface area contributed by atoms with Crippen molar-refractivity contribution in [1.82, 2.24) is 4.89 Å². The summed E-state index contributed by atoms with van der Waals surface area (Å²) in [6.45, 7) is 0.652. The molecule has 0 heterocycles. The molecule has 0 atom stereocenters. The molecular weight excluding hydrogens is 253 g/mol. The van der Waals surface area contributed by atoms with E-state index in [9.17, 15) is 17.6 Å². The first-order chi connectivity index (χ1) is 7.83. The second-order valence-electron chi connectivity index (χ2n) is 3.18. The van der Waals surface area contributed by atoms with E-state index in [0.717, 1.165) is 12.1 Å². The number of aryl methyl sites for hydroxylation is 1. The predicted octanol–water partition coefficient (Wildman–Crippen LogP) is 0.429. The van der Waals surface area contributed by atoms with Crippen molar-refractivity contribution >= 4 is 16.0 Å². The molecule has 0 aliphatic heterocycles. The molecule has 0 aromatic heterocycles. The Labute approximate surface area is 97.0 Å². The topological polar surface area (TPSA) is 92.7 Å². The molecule has 1 aromatic carbocycles. The van der Waals surface area contributed by atoms with E-state index in [1.54, 1.807) is 4.89 Å². The molecule has 0 saturated carbocycles. The highest BCUT2D eigenvalue weighted by Crippen LogP contribution is 2.15. The van der Waals surface area contributed by atoms with Crippen LogP contribution in [-0.4, -0.2) is 26.1 Å². The van der Waals surface area contributed by atoms with Gasteiger partial charge >= 0.3 is 5.97 Å². The SMILES string of the molecule is Cc1ccc(F)cc1S(=O)(=O)NOCC(=O)O. The minimum absolute atomic E-state index is 0.303. The molecule has 0 saturated heterocycles. The van der Waals surface area contributed by atoms with Crippen molar-refractivity contribution < 1.29 is 27.5 Å². The summed E-state index contributed by atoms with van der Waals surface area (Å²) in [5, 5.41) is 8.26. The lowest BCUT2D eigenvalue weighted by molar-refractivity contribution is -0.143. The van der Waals surface area contributed by atoms with Crippen molar-refractivity contribution in [2.24, 2.45) is 0 Å². The van der Waals surface area contributed by atoms with Crippen LogP contribution in [0.1, 0.15) is 5.56 Å². The lowest BCUT2D eigenvalue weighted by Crippen LogP contribution is -2.27. The van der Waals surface area contributed by atoms with E-state index in [2.05, 4.69) is 4.84 Å². The van der Waals surface area contributed by atoms with Crippen LogP contribution in [0.5, 0.6) is 0 Å². The number of hydrogen-bond acceptors (Lipinski definition) is 4. The minimum atomic E-state index is -4.08. The summed E-state index contributed by atoms with van der Waals surface area (Å²) in [4.78, 5) is 15.7. The molecule has 0 radical (unpaired) electrons. The van der Waals surface area contributed by atoms with Crippen LogP contribution >= 0.6 is 0 Å². The summed E-state index contributed by atoms with van der Waals surface area (Å²) in [6.07, 6.45) is 0. The molecule has 1 rings (SSSR count). The Bertz CT molecular complexity index is 528. The van der Waals surface area contributed by atoms with Crippen molar-refractivity contribution in [2.45, 2.75) is 11.8 Å². The third-order valence-electron chi connectivity index (χ3n) is 1.80. The molecular formula is C9H10FNO5S. The molecule has 17 heavy (non-hydrogen) atoms. The van der Waals surface area contributed by atoms with Gasteiger partial charge in [-0.25, -0.2) is 17.6 Å². The average molecular weight is 263 g/mol. The number of carbonyl (C=O) groups is 1. The maximum absolute atomic E-state index is 12.9. The van der Waals surface area contributed by atoms with Crippen LogP contribution in [0, 0.1) is 12.7 Å². The van der Waals surface area contributed by atoms with Gasteiger partial charge in [0.1, 0.15) is 5.82 Å². The van der Waals surface area contributed by atoms with Crippen LogP contribution in [0.25, 0.3) is 0 Å². The molecule has 0 aliphatic carbocycles. The Balaban J connectivity index is 2.89. The molecule has 0 aliphatic rings. The number of rotatable bonds is 5. The van der Waals surface area contributed by atoms with Crippen LogP contribution in [0.3, 0.4) is 0 Å². The molecule has 8 heteroatoms. The number of aliphatic carboxylic acids is 1. The Hall–Kier alpha value is -1.51. The first kappa shape index (κ1) is 13.6. The van der Waals surface area contributed by atoms with Crippen molar-refractivity contribution in [2.75, 3.05) is 6.61 Å². The van der Waals surface area contributed by atoms with Crippen molar-refractivity contribution in [3.63, 3.8) is 0 Å². The summed E-state index contributed by atoms with van der Waals surface area (Å²) < 4.78 is 36.1. The first-order valence-electron chi connectivity index (χ1n) is 4.44. The fourth-order valence-electron chi connectivity index (χ4n) is 1.08. The van der Waals surface area contributed by atoms with Gasteiger partial charge in [-0.05, 0) is 24.6 Å². The van der Waals surface area contributed by atoms with Crippen LogP contribution in [0.2, 0.25) is 0 Å². The molecule has 0 spiro atoms. The summed E-state index contributed by atoms with van der Waals surface area (Å²) >= 11 is 0. The second-order valence-corrected chi connectivity index (χ2v) is 4.79. The molecule has 0 bridgehead atoms. The third kappa shape index (κ3) is 3.77. The van der Waals surface area contributed by atoms with Gasteiger partial charge in [0.2, 0.25) is 0 Å². The highest BCUT2D eigenvalue weighted by Gasteiger charge is 2.18. The lowest BCUT2D eigenvalue weighted by atomic mass is 10.2. The van der Waals surface area contributed by atoms with Crippen LogP contribution in [-0.2, 0) is 19.7 Å². The molecule has 94 valence electrons. The Kier molecular flexibility index (Phi) is 4.16. The number of hydrogen-bond donors (Lipinski definition) is 2. The lowest BCUT2D eigenvalue weighted by Gasteiger charge is -2.08. The van der Waals surface area contributed by atoms with Crippen molar-refractivity contribution in [1.29, 1.82) is 0 Å². The fourth-order valence-corrected chi connectivity index (χ4v) is 2.14. The molecule has 1 aromatic rings. The van der Waals surface area contributed by atoms with E-state index in [0.29, 0.717) is 5.56 Å². The van der Waals surface area contributed by atoms with E-state index in [1.807, 2.05) is 0 Å². The zero-order valence-corrected chi connectivity index (χ0v) is 9.62. The zero-order valence-electron chi connectivity index (χ0n) is 8.81. The molecule has 0 amide bonds. The Morgan fingerprint density at radius 2 is 2.18 bits per heavy atom. The maximum Gasteiger partial charge on any atom is 0.331 e. The number of halogens is 1. The van der Waals surface area contributed by atoms with E-state index >= 15 is 0 Å². The Morgan fingerprint density at radius 1 is 1.53 bits per heavy atom. The van der Waals surface area contributed by atoms with E-state index < -0.39 is 28.4 Å². The maximum atomic E-state index is 12.9. The third-order valence-corrected chi connectivity index (χ3v) is 3.16. The predicted molar refractivity (Wildman–Crippen MR) is 55.0 cm³/mol. The first-order valence-corrected chi connectivity index (χ1v) is 5.93. The largest absolute Gasteiger partial charge is 0.479 e. The Morgan fingerprint density at radius 3 is 2.76 bits per heavy atom. The number of benzene rings is 1. The highest BCUT2D eigenvalue weighted by molar-refractivity contribution is 7.89. The van der Waals surface area contributed by atoms with Gasteiger partial charge in [-0.1, -0.05) is 11.0 Å². The summed E-state index contributed by atoms with van der Waals surface area (Å²) in [5.74, 6) is -2.04. The fraction of sp³-hybridized carbons (Fsp3) is 0.222. The quantitative estimate of drug-likeness (QED) is 0.751. The summed E-state index contributed by atoms with van der Waals surface area (Å²) in [7, 11) is -4.08. The number of sulfonamides is 1. The standard InChI is InChI=1S/C9H10FNO5S/c1-6-2-3-7(10)4-8(6)17(14,15)11-16-5-9(12)13/h2-4,11H,5H2,1H3,(H,12,13). The minimum Gasteiger partial charge on any atom is -0.479 e. The molecule has 6 nitrogen and oxygen atoms in total. The number of carboxylic acids is 1. The van der Waals surface area contributed by atoms with Crippen LogP contribution < -0.4 is 4.89 Å². The van der Waals surface area contributed by atoms with Gasteiger partial charge in [-0.2, -0.15) is 0 Å². The van der Waals surface area contributed by atoms with Gasteiger partial charge in [-0.3, -0.25) is 4.84 Å². The molecule has 0 fully saturated rings. The van der Waals surface area contributed by atoms with Crippen LogP contribution in [0.4, 0.5) is 4.39 Å². The monoisotopic (exact) mass is 263 g/mol. The summed E-state index contributed by atoms with van der Waals surface area (Å²) in [5.41, 5.74) is 0.317. The van der Waals surface area contributed by atoms with Crippen molar-refractivity contribution in [3.8, 4) is 0 Å². The van der Waals surface area contributed by atoms with E-state index in [-0.39, 0.29) is 4.90 Å². The average Bonchev–Trinajstić information content (AvgIpc) is 2.20. The summed E-state index contributed by atoms with van der Waals surface area (Å²) in [6, 6.07) is 3.23. The van der Waals surface area contributed by atoms with Gasteiger partial charge in [-0.15, -0.1) is 0 Å². The number of nitrogens with one attached hydrogen (secondary N) is 1. The van der Waals surface area contributed by atoms with Gasteiger partial charge in [0.15, 0.2) is 6.61 Å². The van der Waals surface area contributed by atoms with E-state index in [4.69, 9.17) is 5.11 Å². The van der Waals surface area contributed by atoms with Gasteiger partial charge in [0.05, 0.1) is 4.90 Å². The highest BCUT2D eigenvalue weighted by atomic mass is 32.2. The molecule has 0 unspecified atom stereocenters.